The van der Waals surface area contributed by atoms with Gasteiger partial charge in [0.25, 0.3) is 0 Å². The normalized spacial score (nSPS) is 21.8. The van der Waals surface area contributed by atoms with Crippen molar-refractivity contribution in [2.45, 2.75) is 29.9 Å². The second-order valence-electron chi connectivity index (χ2n) is 6.38. The van der Waals surface area contributed by atoms with Crippen molar-refractivity contribution < 1.29 is 13.9 Å². The molecule has 1 saturated heterocycles. The smallest absolute Gasteiger partial charge is 0.142 e. The summed E-state index contributed by atoms with van der Waals surface area (Å²) in [5.74, 6) is -0.782. The van der Waals surface area contributed by atoms with Crippen LogP contribution in [0.3, 0.4) is 0 Å². The maximum absolute atomic E-state index is 14.3. The van der Waals surface area contributed by atoms with E-state index in [-0.39, 0.29) is 11.9 Å². The summed E-state index contributed by atoms with van der Waals surface area (Å²) in [4.78, 5) is 4.80. The Balaban J connectivity index is 2.05. The molecule has 25 heavy (non-hydrogen) atoms. The Labute approximate surface area is 148 Å². The molecule has 0 radical (unpaired) electrons. The van der Waals surface area contributed by atoms with Gasteiger partial charge in [0.05, 0.1) is 23.9 Å². The summed E-state index contributed by atoms with van der Waals surface area (Å²) in [6.45, 7) is 1.33. The highest BCUT2D eigenvalue weighted by atomic mass is 32.2. The lowest BCUT2D eigenvalue weighted by Gasteiger charge is -2.23. The van der Waals surface area contributed by atoms with Crippen LogP contribution in [-0.2, 0) is 0 Å². The minimum absolute atomic E-state index is 0.187. The Kier molecular flexibility index (Phi) is 4.39. The molecule has 1 aliphatic heterocycles. The number of hydrogen-bond acceptors (Lipinski definition) is 4. The van der Waals surface area contributed by atoms with Gasteiger partial charge in [-0.3, -0.25) is 0 Å². The maximum Gasteiger partial charge on any atom is 0.142 e. The van der Waals surface area contributed by atoms with Crippen LogP contribution in [0.25, 0.3) is 21.9 Å². The molecule has 0 spiro atoms. The first-order valence-electron chi connectivity index (χ1n) is 8.31. The predicted molar refractivity (Wildman–Crippen MR) is 96.1 cm³/mol. The third kappa shape index (κ3) is 2.80. The highest BCUT2D eigenvalue weighted by molar-refractivity contribution is 7.98. The molecule has 1 fully saturated rings. The summed E-state index contributed by atoms with van der Waals surface area (Å²) in [5, 5.41) is 15.0. The molecule has 2 atom stereocenters. The number of halogens is 2. The molecule has 4 nitrogen and oxygen atoms in total. The van der Waals surface area contributed by atoms with Crippen LogP contribution in [0.2, 0.25) is 0 Å². The van der Waals surface area contributed by atoms with Gasteiger partial charge in [0, 0.05) is 22.2 Å². The Morgan fingerprint density at radius 3 is 2.92 bits per heavy atom. The third-order valence-corrected chi connectivity index (χ3v) is 5.62. The van der Waals surface area contributed by atoms with Gasteiger partial charge >= 0.3 is 0 Å². The van der Waals surface area contributed by atoms with E-state index in [0.29, 0.717) is 27.9 Å². The monoisotopic (exact) mass is 363 g/mol. The quantitative estimate of drug-likeness (QED) is 0.685. The summed E-state index contributed by atoms with van der Waals surface area (Å²) >= 11 is 1.33. The average Bonchev–Trinajstić information content (AvgIpc) is 2.74. The molecule has 2 aromatic heterocycles. The molecule has 0 amide bonds. The largest absolute Gasteiger partial charge is 0.390 e. The van der Waals surface area contributed by atoms with Crippen LogP contribution in [-0.4, -0.2) is 40.1 Å². The average molecular weight is 363 g/mol. The Morgan fingerprint density at radius 2 is 2.12 bits per heavy atom. The summed E-state index contributed by atoms with van der Waals surface area (Å²) in [5.41, 5.74) is 1.37. The number of aliphatic hydroxyl groups excluding tert-OH is 1. The molecule has 0 saturated carbocycles. The number of nitrogens with one attached hydrogen (secondary N) is 1. The fourth-order valence-corrected chi connectivity index (χ4v) is 4.19. The van der Waals surface area contributed by atoms with E-state index >= 15 is 0 Å². The van der Waals surface area contributed by atoms with Crippen LogP contribution in [0.5, 0.6) is 0 Å². The van der Waals surface area contributed by atoms with Crippen LogP contribution < -0.4 is 5.32 Å². The molecular weight excluding hydrogens is 344 g/mol. The van der Waals surface area contributed by atoms with Crippen LogP contribution in [0.1, 0.15) is 18.9 Å². The van der Waals surface area contributed by atoms with Crippen molar-refractivity contribution >= 4 is 33.7 Å². The zero-order chi connectivity index (χ0) is 17.6. The van der Waals surface area contributed by atoms with Crippen LogP contribution in [0.4, 0.5) is 8.78 Å². The van der Waals surface area contributed by atoms with E-state index in [1.165, 1.54) is 30.1 Å². The van der Waals surface area contributed by atoms with Crippen LogP contribution in [0.15, 0.2) is 29.3 Å². The van der Waals surface area contributed by atoms with E-state index < -0.39 is 11.9 Å². The lowest BCUT2D eigenvalue weighted by molar-refractivity contribution is 0.119. The number of benzene rings is 1. The summed E-state index contributed by atoms with van der Waals surface area (Å²) < 4.78 is 30.1. The Bertz CT molecular complexity index is 943. The number of pyridine rings is 1. The van der Waals surface area contributed by atoms with Gasteiger partial charge in [0.2, 0.25) is 0 Å². The Hall–Kier alpha value is -1.70. The number of nitrogens with zero attached hydrogens (tertiary/aromatic N) is 2. The molecular formula is C18H19F2N3OS. The molecule has 1 aliphatic rings. The van der Waals surface area contributed by atoms with Crippen molar-refractivity contribution in [3.05, 3.63) is 36.0 Å². The van der Waals surface area contributed by atoms with E-state index in [4.69, 9.17) is 0 Å². The number of aromatic nitrogens is 2. The number of fused-ring (bicyclic) bond motifs is 3. The van der Waals surface area contributed by atoms with E-state index in [1.54, 1.807) is 6.07 Å². The molecule has 3 aromatic rings. The first-order valence-corrected chi connectivity index (χ1v) is 9.54. The van der Waals surface area contributed by atoms with Gasteiger partial charge in [-0.05, 0) is 43.8 Å². The number of thioether (sulfide) groups is 1. The van der Waals surface area contributed by atoms with Gasteiger partial charge in [-0.25, -0.2) is 13.8 Å². The first-order chi connectivity index (χ1) is 12.1. The standard InChI is InChI=1S/C18H19F2N3OS/c1-25-17-7-15-11(6-13(17)20)12-5-10(19)8-22-18(12)23(15)14-3-2-4-21-9-16(14)24/h5-8,14,16,21,24H,2-4,9H2,1H3/t14-,16-/m0/s1. The number of aliphatic hydroxyl groups is 1. The molecule has 0 bridgehead atoms. The number of β-amino-alcohol motifs (C(OH)–C–C–N with tert-alkyl or cyclic N) is 1. The topological polar surface area (TPSA) is 50.1 Å². The molecule has 7 heteroatoms. The van der Waals surface area contributed by atoms with Crippen LogP contribution >= 0.6 is 11.8 Å². The van der Waals surface area contributed by atoms with Gasteiger partial charge in [0.1, 0.15) is 17.3 Å². The van der Waals surface area contributed by atoms with Crippen molar-refractivity contribution in [3.8, 4) is 0 Å². The van der Waals surface area contributed by atoms with E-state index in [9.17, 15) is 13.9 Å². The SMILES string of the molecule is CSc1cc2c(cc1F)c1cc(F)cnc1n2[C@H]1CCCNC[C@@H]1O. The minimum Gasteiger partial charge on any atom is -0.390 e. The molecule has 132 valence electrons. The van der Waals surface area contributed by atoms with Crippen molar-refractivity contribution in [1.82, 2.24) is 14.9 Å². The molecule has 4 rings (SSSR count). The van der Waals surface area contributed by atoms with E-state index in [2.05, 4.69) is 10.3 Å². The summed E-state index contributed by atoms with van der Waals surface area (Å²) in [6.07, 6.45) is 4.10. The van der Waals surface area contributed by atoms with Crippen molar-refractivity contribution in [2.24, 2.45) is 0 Å². The van der Waals surface area contributed by atoms with Crippen molar-refractivity contribution in [3.63, 3.8) is 0 Å². The van der Waals surface area contributed by atoms with Crippen LogP contribution in [0, 0.1) is 11.6 Å². The van der Waals surface area contributed by atoms with Crippen molar-refractivity contribution in [2.75, 3.05) is 19.3 Å². The minimum atomic E-state index is -0.587. The second-order valence-corrected chi connectivity index (χ2v) is 7.23. The highest BCUT2D eigenvalue weighted by Gasteiger charge is 2.27. The molecule has 3 heterocycles. The van der Waals surface area contributed by atoms with E-state index in [0.717, 1.165) is 24.9 Å². The first kappa shape index (κ1) is 16.8. The molecule has 0 unspecified atom stereocenters. The summed E-state index contributed by atoms with van der Waals surface area (Å²) in [6, 6.07) is 4.43. The fourth-order valence-electron chi connectivity index (χ4n) is 3.70. The lowest BCUT2D eigenvalue weighted by Crippen LogP contribution is -2.31. The van der Waals surface area contributed by atoms with Crippen molar-refractivity contribution in [1.29, 1.82) is 0 Å². The van der Waals surface area contributed by atoms with Gasteiger partial charge < -0.3 is 15.0 Å². The number of hydrogen-bond donors (Lipinski definition) is 2. The zero-order valence-corrected chi connectivity index (χ0v) is 14.6. The predicted octanol–water partition coefficient (Wildman–Crippen LogP) is 3.48. The third-order valence-electron chi connectivity index (χ3n) is 4.86. The number of rotatable bonds is 2. The highest BCUT2D eigenvalue weighted by Crippen LogP contribution is 2.37. The second kappa shape index (κ2) is 6.55. The zero-order valence-electron chi connectivity index (χ0n) is 13.8. The molecule has 1 aromatic carbocycles. The van der Waals surface area contributed by atoms with Gasteiger partial charge in [-0.2, -0.15) is 0 Å². The molecule has 0 aliphatic carbocycles. The summed E-state index contributed by atoms with van der Waals surface area (Å²) in [7, 11) is 0. The van der Waals surface area contributed by atoms with Gasteiger partial charge in [-0.15, -0.1) is 11.8 Å². The van der Waals surface area contributed by atoms with Gasteiger partial charge in [0.15, 0.2) is 0 Å². The van der Waals surface area contributed by atoms with Gasteiger partial charge in [-0.1, -0.05) is 0 Å². The Morgan fingerprint density at radius 1 is 1.28 bits per heavy atom. The maximum atomic E-state index is 14.3. The fraction of sp³-hybridized carbons (Fsp3) is 0.389. The lowest BCUT2D eigenvalue weighted by atomic mass is 10.1. The van der Waals surface area contributed by atoms with E-state index in [1.807, 2.05) is 10.8 Å². The molecule has 2 N–H and O–H groups in total.